The molecular formula is C25H30N4O3S. The van der Waals surface area contributed by atoms with Gasteiger partial charge in [-0.1, -0.05) is 60.7 Å². The van der Waals surface area contributed by atoms with Gasteiger partial charge in [-0.05, 0) is 0 Å². The average molecular weight is 467 g/mol. The van der Waals surface area contributed by atoms with Crippen LogP contribution in [0.2, 0.25) is 0 Å². The van der Waals surface area contributed by atoms with Crippen LogP contribution < -0.4 is 10.6 Å². The number of hydrogen-bond acceptors (Lipinski definition) is 7. The first-order valence-corrected chi connectivity index (χ1v) is 12.8. The zero-order valence-corrected chi connectivity index (χ0v) is 19.4. The Kier molecular flexibility index (Phi) is 6.69. The molecule has 3 aliphatic heterocycles. The number of nitrogens with one attached hydrogen (secondary N) is 2. The number of nitrogens with zero attached hydrogens (tertiary/aromatic N) is 2. The normalized spacial score (nSPS) is 25.3. The summed E-state index contributed by atoms with van der Waals surface area (Å²) in [4.78, 5) is 31.0. The Balaban J connectivity index is 1.45. The van der Waals surface area contributed by atoms with E-state index in [1.54, 1.807) is 0 Å². The van der Waals surface area contributed by atoms with Crippen molar-refractivity contribution in [1.29, 1.82) is 0 Å². The highest BCUT2D eigenvalue weighted by Gasteiger charge is 2.60. The van der Waals surface area contributed by atoms with E-state index in [0.29, 0.717) is 19.6 Å². The Labute approximate surface area is 198 Å². The summed E-state index contributed by atoms with van der Waals surface area (Å²) in [6, 6.07) is 18.4. The maximum Gasteiger partial charge on any atom is 0.327 e. The predicted molar refractivity (Wildman–Crippen MR) is 129 cm³/mol. The van der Waals surface area contributed by atoms with Crippen molar-refractivity contribution in [2.24, 2.45) is 0 Å². The van der Waals surface area contributed by atoms with Crippen LogP contribution in [-0.4, -0.2) is 84.5 Å². The van der Waals surface area contributed by atoms with Crippen LogP contribution in [-0.2, 0) is 20.1 Å². The summed E-state index contributed by atoms with van der Waals surface area (Å²) >= 11 is 1.98. The van der Waals surface area contributed by atoms with E-state index in [0.717, 1.165) is 42.3 Å². The summed E-state index contributed by atoms with van der Waals surface area (Å²) in [5, 5.41) is 6.41. The number of piperazine rings is 1. The van der Waals surface area contributed by atoms with Gasteiger partial charge >= 0.3 is 5.97 Å². The van der Waals surface area contributed by atoms with Gasteiger partial charge in [0.05, 0.1) is 0 Å². The SMILES string of the molecule is O=C(NCCN1CCSCC1)C1CNCC2C(=O)OC(c3ccccc3)(c3ccccc3)N12. The number of thioether (sulfide) groups is 1. The third kappa shape index (κ3) is 4.28. The number of rotatable bonds is 6. The van der Waals surface area contributed by atoms with E-state index in [9.17, 15) is 9.59 Å². The highest BCUT2D eigenvalue weighted by molar-refractivity contribution is 7.99. The highest BCUT2D eigenvalue weighted by Crippen LogP contribution is 2.45. The van der Waals surface area contributed by atoms with Gasteiger partial charge in [-0.15, -0.1) is 0 Å². The van der Waals surface area contributed by atoms with Crippen LogP contribution in [0.25, 0.3) is 0 Å². The lowest BCUT2D eigenvalue weighted by Crippen LogP contribution is -2.66. The fraction of sp³-hybridized carbons (Fsp3) is 0.440. The minimum Gasteiger partial charge on any atom is -0.434 e. The van der Waals surface area contributed by atoms with Gasteiger partial charge in [0.2, 0.25) is 11.6 Å². The Hall–Kier alpha value is -2.39. The van der Waals surface area contributed by atoms with Crippen molar-refractivity contribution in [2.45, 2.75) is 17.8 Å². The van der Waals surface area contributed by atoms with Crippen LogP contribution >= 0.6 is 11.8 Å². The number of ether oxygens (including phenoxy) is 1. The van der Waals surface area contributed by atoms with Gasteiger partial charge in [0.1, 0.15) is 12.1 Å². The van der Waals surface area contributed by atoms with Gasteiger partial charge in [-0.25, -0.2) is 4.90 Å². The molecule has 174 valence electrons. The summed E-state index contributed by atoms with van der Waals surface area (Å²) in [5.41, 5.74) is 0.550. The van der Waals surface area contributed by atoms with Gasteiger partial charge in [-0.3, -0.25) is 14.5 Å². The zero-order valence-electron chi connectivity index (χ0n) is 18.6. The summed E-state index contributed by atoms with van der Waals surface area (Å²) in [7, 11) is 0. The Morgan fingerprint density at radius 2 is 1.67 bits per heavy atom. The van der Waals surface area contributed by atoms with Gasteiger partial charge in [-0.2, -0.15) is 11.8 Å². The number of cyclic esters (lactones) is 1. The fourth-order valence-electron chi connectivity index (χ4n) is 5.08. The van der Waals surface area contributed by atoms with Gasteiger partial charge in [0.25, 0.3) is 0 Å². The molecule has 2 N–H and O–H groups in total. The van der Waals surface area contributed by atoms with Gasteiger partial charge in [0, 0.05) is 61.9 Å². The molecule has 0 aromatic heterocycles. The van der Waals surface area contributed by atoms with Gasteiger partial charge in [0.15, 0.2) is 0 Å². The fourth-order valence-corrected chi connectivity index (χ4v) is 6.06. The second-order valence-electron chi connectivity index (χ2n) is 8.64. The van der Waals surface area contributed by atoms with Crippen molar-refractivity contribution in [3.05, 3.63) is 71.8 Å². The first-order valence-electron chi connectivity index (χ1n) is 11.6. The molecule has 7 nitrogen and oxygen atoms in total. The Bertz CT molecular complexity index is 929. The molecule has 2 unspecified atom stereocenters. The van der Waals surface area contributed by atoms with E-state index >= 15 is 0 Å². The molecule has 3 heterocycles. The smallest absolute Gasteiger partial charge is 0.327 e. The average Bonchev–Trinajstić information content (AvgIpc) is 3.19. The van der Waals surface area contributed by atoms with Crippen molar-refractivity contribution in [3.8, 4) is 0 Å². The summed E-state index contributed by atoms with van der Waals surface area (Å²) in [6.45, 7) is 4.47. The molecule has 2 atom stereocenters. The molecule has 0 saturated carbocycles. The van der Waals surface area contributed by atoms with Crippen molar-refractivity contribution < 1.29 is 14.3 Å². The van der Waals surface area contributed by atoms with Crippen LogP contribution in [0.1, 0.15) is 11.1 Å². The maximum absolute atomic E-state index is 13.5. The summed E-state index contributed by atoms with van der Waals surface area (Å²) in [6.07, 6.45) is 0. The number of fused-ring (bicyclic) bond motifs is 1. The van der Waals surface area contributed by atoms with Gasteiger partial charge < -0.3 is 15.4 Å². The maximum atomic E-state index is 13.5. The molecule has 0 radical (unpaired) electrons. The van der Waals surface area contributed by atoms with E-state index < -0.39 is 17.8 Å². The van der Waals surface area contributed by atoms with Crippen molar-refractivity contribution >= 4 is 23.6 Å². The summed E-state index contributed by atoms with van der Waals surface area (Å²) in [5.74, 6) is 1.91. The molecule has 2 aromatic carbocycles. The highest BCUT2D eigenvalue weighted by atomic mass is 32.2. The lowest BCUT2D eigenvalue weighted by atomic mass is 9.90. The van der Waals surface area contributed by atoms with Crippen LogP contribution in [0.5, 0.6) is 0 Å². The predicted octanol–water partition coefficient (Wildman–Crippen LogP) is 1.25. The van der Waals surface area contributed by atoms with Crippen LogP contribution in [0.3, 0.4) is 0 Å². The lowest BCUT2D eigenvalue weighted by Gasteiger charge is -2.44. The number of carbonyl (C=O) groups is 2. The Morgan fingerprint density at radius 1 is 1.03 bits per heavy atom. The van der Waals surface area contributed by atoms with E-state index in [2.05, 4.69) is 15.5 Å². The van der Waals surface area contributed by atoms with Crippen LogP contribution in [0.15, 0.2) is 60.7 Å². The van der Waals surface area contributed by atoms with E-state index in [4.69, 9.17) is 4.74 Å². The molecule has 0 bridgehead atoms. The minimum absolute atomic E-state index is 0.0758. The molecule has 2 aromatic rings. The second-order valence-corrected chi connectivity index (χ2v) is 9.86. The third-order valence-electron chi connectivity index (χ3n) is 6.69. The first-order chi connectivity index (χ1) is 16.2. The quantitative estimate of drug-likeness (QED) is 0.621. The van der Waals surface area contributed by atoms with E-state index in [-0.39, 0.29) is 11.9 Å². The van der Waals surface area contributed by atoms with Crippen LogP contribution in [0, 0.1) is 0 Å². The lowest BCUT2D eigenvalue weighted by molar-refractivity contribution is -0.153. The molecule has 33 heavy (non-hydrogen) atoms. The minimum atomic E-state index is -1.14. The number of esters is 1. The van der Waals surface area contributed by atoms with E-state index in [1.165, 1.54) is 0 Å². The molecular weight excluding hydrogens is 436 g/mol. The molecule has 0 aliphatic carbocycles. The molecule has 5 rings (SSSR count). The number of benzene rings is 2. The molecule has 0 spiro atoms. The first kappa shape index (κ1) is 22.4. The largest absolute Gasteiger partial charge is 0.434 e. The zero-order chi connectivity index (χ0) is 22.7. The van der Waals surface area contributed by atoms with E-state index in [1.807, 2.05) is 77.3 Å². The van der Waals surface area contributed by atoms with Crippen molar-refractivity contribution in [3.63, 3.8) is 0 Å². The molecule has 8 heteroatoms. The molecule has 3 saturated heterocycles. The standard InChI is InChI=1S/C25H30N4O3S/c30-23(27-11-12-28-13-15-33-16-14-28)21-17-26-18-22-24(31)32-25(29(21)22,19-7-3-1-4-8-19)20-9-5-2-6-10-20/h1-10,21-22,26H,11-18H2,(H,27,30). The number of amides is 1. The number of hydrogen-bond donors (Lipinski definition) is 2. The number of carbonyl (C=O) groups excluding carboxylic acids is 2. The summed E-state index contributed by atoms with van der Waals surface area (Å²) < 4.78 is 6.20. The molecule has 3 fully saturated rings. The molecule has 1 amide bonds. The van der Waals surface area contributed by atoms with Crippen LogP contribution in [0.4, 0.5) is 0 Å². The Morgan fingerprint density at radius 3 is 2.30 bits per heavy atom. The topological polar surface area (TPSA) is 73.9 Å². The second kappa shape index (κ2) is 9.85. The van der Waals surface area contributed by atoms with Crippen molar-refractivity contribution in [2.75, 3.05) is 50.8 Å². The monoisotopic (exact) mass is 466 g/mol. The molecule has 3 aliphatic rings. The third-order valence-corrected chi connectivity index (χ3v) is 7.64. The van der Waals surface area contributed by atoms with Crippen molar-refractivity contribution in [1.82, 2.24) is 20.4 Å².